The average molecular weight is 394 g/mol. The van der Waals surface area contributed by atoms with E-state index in [4.69, 9.17) is 5.11 Å². The smallest absolute Gasteiger partial charge is 0.261 e. The Kier molecular flexibility index (Phi) is 10.6. The summed E-state index contributed by atoms with van der Waals surface area (Å²) in [6.45, 7) is 0.753. The van der Waals surface area contributed by atoms with E-state index in [-0.39, 0.29) is 18.4 Å². The molecule has 1 N–H and O–H groups in total. The van der Waals surface area contributed by atoms with Crippen LogP contribution in [0.25, 0.3) is 0 Å². The van der Waals surface area contributed by atoms with E-state index in [1.807, 2.05) is 0 Å². The summed E-state index contributed by atoms with van der Waals surface area (Å²) in [6.07, 6.45) is 11.1. The first-order valence-electron chi connectivity index (χ1n) is 10.8. The number of unbranched alkanes of at least 4 members (excludes halogenated alkanes) is 9. The number of aliphatic hydroxyl groups is 1. The molecule has 1 aliphatic rings. The van der Waals surface area contributed by atoms with Crippen molar-refractivity contribution in [2.45, 2.75) is 70.6 Å². The second-order valence-corrected chi connectivity index (χ2v) is 7.32. The fourth-order valence-electron chi connectivity index (χ4n) is 3.35. The van der Waals surface area contributed by atoms with Gasteiger partial charge in [0.2, 0.25) is 0 Å². The zero-order chi connectivity index (χ0) is 20.7. The van der Waals surface area contributed by atoms with Gasteiger partial charge in [0.05, 0.1) is 11.1 Å². The number of carbonyl (C=O) groups excluding carboxylic acids is 2. The van der Waals surface area contributed by atoms with Gasteiger partial charge in [0.25, 0.3) is 11.8 Å². The third kappa shape index (κ3) is 7.76. The van der Waals surface area contributed by atoms with Crippen LogP contribution in [0.4, 0.5) is 0 Å². The summed E-state index contributed by atoms with van der Waals surface area (Å²) >= 11 is 0. The van der Waals surface area contributed by atoms with Crippen molar-refractivity contribution in [2.75, 3.05) is 13.2 Å². The van der Waals surface area contributed by atoms with Crippen LogP contribution in [-0.4, -0.2) is 35.0 Å². The van der Waals surface area contributed by atoms with Crippen molar-refractivity contribution in [2.24, 2.45) is 0 Å². The van der Waals surface area contributed by atoms with Gasteiger partial charge in [-0.15, -0.1) is 0 Å². The SMILES string of the molecule is O=C1c2ccccc2C(=O)N1CCCCCCCCCC#CC#CCCCCO. The molecule has 0 saturated carbocycles. The molecule has 4 heteroatoms. The molecule has 1 aliphatic heterocycles. The number of aliphatic hydroxyl groups excluding tert-OH is 1. The third-order valence-electron chi connectivity index (χ3n) is 5.01. The van der Waals surface area contributed by atoms with Gasteiger partial charge < -0.3 is 5.11 Å². The zero-order valence-corrected chi connectivity index (χ0v) is 17.2. The van der Waals surface area contributed by atoms with Gasteiger partial charge in [-0.25, -0.2) is 0 Å². The highest BCUT2D eigenvalue weighted by molar-refractivity contribution is 6.21. The number of hydrogen-bond donors (Lipinski definition) is 1. The van der Waals surface area contributed by atoms with E-state index in [9.17, 15) is 9.59 Å². The Morgan fingerprint density at radius 2 is 1.17 bits per heavy atom. The quantitative estimate of drug-likeness (QED) is 0.321. The molecule has 2 amide bonds. The van der Waals surface area contributed by atoms with Crippen LogP contribution in [0.2, 0.25) is 0 Å². The van der Waals surface area contributed by atoms with Crippen LogP contribution in [0.1, 0.15) is 91.3 Å². The molecule has 1 aromatic rings. The van der Waals surface area contributed by atoms with E-state index in [0.717, 1.165) is 51.4 Å². The second-order valence-electron chi connectivity index (χ2n) is 7.32. The first-order chi connectivity index (χ1) is 14.3. The topological polar surface area (TPSA) is 57.6 Å². The molecule has 154 valence electrons. The Morgan fingerprint density at radius 1 is 0.690 bits per heavy atom. The van der Waals surface area contributed by atoms with E-state index in [1.54, 1.807) is 24.3 Å². The van der Waals surface area contributed by atoms with E-state index in [2.05, 4.69) is 23.7 Å². The van der Waals surface area contributed by atoms with E-state index >= 15 is 0 Å². The Bertz CT molecular complexity index is 757. The van der Waals surface area contributed by atoms with Gasteiger partial charge in [-0.1, -0.05) is 56.1 Å². The van der Waals surface area contributed by atoms with Gasteiger partial charge in [-0.2, -0.15) is 0 Å². The molecular weight excluding hydrogens is 362 g/mol. The number of fused-ring (bicyclic) bond motifs is 1. The summed E-state index contributed by atoms with van der Waals surface area (Å²) in [4.78, 5) is 25.9. The molecular formula is C25H31NO3. The molecule has 0 aromatic heterocycles. The van der Waals surface area contributed by atoms with Crippen molar-refractivity contribution in [3.8, 4) is 23.7 Å². The minimum atomic E-state index is -0.151. The van der Waals surface area contributed by atoms with Crippen molar-refractivity contribution < 1.29 is 14.7 Å². The van der Waals surface area contributed by atoms with Gasteiger partial charge in [-0.3, -0.25) is 14.5 Å². The lowest BCUT2D eigenvalue weighted by Crippen LogP contribution is -2.30. The maximum atomic E-state index is 12.3. The molecule has 1 aromatic carbocycles. The van der Waals surface area contributed by atoms with Crippen molar-refractivity contribution in [1.29, 1.82) is 0 Å². The first-order valence-corrected chi connectivity index (χ1v) is 10.8. The molecule has 2 rings (SSSR count). The minimum Gasteiger partial charge on any atom is -0.396 e. The Balaban J connectivity index is 1.46. The summed E-state index contributed by atoms with van der Waals surface area (Å²) in [6, 6.07) is 7.05. The monoisotopic (exact) mass is 393 g/mol. The molecule has 1 heterocycles. The predicted octanol–water partition coefficient (Wildman–Crippen LogP) is 4.57. The Hall–Kier alpha value is -2.56. The van der Waals surface area contributed by atoms with E-state index < -0.39 is 0 Å². The lowest BCUT2D eigenvalue weighted by molar-refractivity contribution is 0.0651. The standard InChI is InChI=1S/C25H31NO3/c27-21-17-13-11-9-7-5-3-1-2-4-6-8-10-12-16-20-26-24(28)22-18-14-15-19-23(22)25(26)29/h14-15,18-19,27H,1-2,4,6,8,10-13,16-17,20-21H2. The maximum absolute atomic E-state index is 12.3. The lowest BCUT2D eigenvalue weighted by atomic mass is 10.1. The number of rotatable bonds is 12. The molecule has 0 unspecified atom stereocenters. The molecule has 4 nitrogen and oxygen atoms in total. The summed E-state index contributed by atoms with van der Waals surface area (Å²) in [5.41, 5.74) is 1.07. The third-order valence-corrected chi connectivity index (χ3v) is 5.01. The number of nitrogens with zero attached hydrogens (tertiary/aromatic N) is 1. The van der Waals surface area contributed by atoms with Crippen molar-refractivity contribution in [1.82, 2.24) is 4.90 Å². The number of imide groups is 1. The largest absolute Gasteiger partial charge is 0.396 e. The van der Waals surface area contributed by atoms with Gasteiger partial charge in [-0.05, 0) is 49.7 Å². The van der Waals surface area contributed by atoms with Gasteiger partial charge in [0, 0.05) is 26.0 Å². The maximum Gasteiger partial charge on any atom is 0.261 e. The molecule has 0 aliphatic carbocycles. The molecule has 0 bridgehead atoms. The highest BCUT2D eigenvalue weighted by atomic mass is 16.3. The summed E-state index contributed by atoms with van der Waals surface area (Å²) < 4.78 is 0. The number of benzene rings is 1. The highest BCUT2D eigenvalue weighted by Crippen LogP contribution is 2.22. The summed E-state index contributed by atoms with van der Waals surface area (Å²) in [5, 5.41) is 8.66. The van der Waals surface area contributed by atoms with E-state index in [1.165, 1.54) is 24.2 Å². The molecule has 0 spiro atoms. The van der Waals surface area contributed by atoms with Crippen LogP contribution in [0.15, 0.2) is 24.3 Å². The van der Waals surface area contributed by atoms with Gasteiger partial charge >= 0.3 is 0 Å². The van der Waals surface area contributed by atoms with Crippen molar-refractivity contribution in [3.05, 3.63) is 35.4 Å². The fourth-order valence-corrected chi connectivity index (χ4v) is 3.35. The van der Waals surface area contributed by atoms with Crippen LogP contribution in [0.3, 0.4) is 0 Å². The Labute approximate surface area is 174 Å². The van der Waals surface area contributed by atoms with Crippen LogP contribution in [-0.2, 0) is 0 Å². The number of amides is 2. The lowest BCUT2D eigenvalue weighted by Gasteiger charge is -2.13. The number of carbonyl (C=O) groups is 2. The van der Waals surface area contributed by atoms with Crippen LogP contribution in [0, 0.1) is 23.7 Å². The summed E-state index contributed by atoms with van der Waals surface area (Å²) in [5.74, 6) is 11.5. The summed E-state index contributed by atoms with van der Waals surface area (Å²) in [7, 11) is 0. The molecule has 0 radical (unpaired) electrons. The van der Waals surface area contributed by atoms with E-state index in [0.29, 0.717) is 17.7 Å². The van der Waals surface area contributed by atoms with Gasteiger partial charge in [0.15, 0.2) is 0 Å². The second kappa shape index (κ2) is 13.6. The van der Waals surface area contributed by atoms with Crippen LogP contribution >= 0.6 is 0 Å². The van der Waals surface area contributed by atoms with Crippen LogP contribution in [0.5, 0.6) is 0 Å². The zero-order valence-electron chi connectivity index (χ0n) is 17.2. The molecule has 29 heavy (non-hydrogen) atoms. The minimum absolute atomic E-state index is 0.151. The first kappa shape index (κ1) is 22.7. The molecule has 0 atom stereocenters. The normalized spacial score (nSPS) is 12.2. The molecule has 0 fully saturated rings. The van der Waals surface area contributed by atoms with Crippen molar-refractivity contribution >= 4 is 11.8 Å². The average Bonchev–Trinajstić information content (AvgIpc) is 2.98. The molecule has 0 saturated heterocycles. The van der Waals surface area contributed by atoms with Crippen LogP contribution < -0.4 is 0 Å². The highest BCUT2D eigenvalue weighted by Gasteiger charge is 2.34. The number of hydrogen-bond acceptors (Lipinski definition) is 3. The fraction of sp³-hybridized carbons (Fsp3) is 0.520. The Morgan fingerprint density at radius 3 is 1.72 bits per heavy atom. The predicted molar refractivity (Wildman–Crippen MR) is 115 cm³/mol. The van der Waals surface area contributed by atoms with Gasteiger partial charge in [0.1, 0.15) is 0 Å². The van der Waals surface area contributed by atoms with Crippen molar-refractivity contribution in [3.63, 3.8) is 0 Å².